The van der Waals surface area contributed by atoms with Gasteiger partial charge in [-0.05, 0) is 31.5 Å². The minimum Gasteiger partial charge on any atom is -0.493 e. The van der Waals surface area contributed by atoms with Crippen molar-refractivity contribution >= 4 is 16.5 Å². The van der Waals surface area contributed by atoms with E-state index in [0.717, 1.165) is 27.2 Å². The van der Waals surface area contributed by atoms with Crippen LogP contribution in [0.2, 0.25) is 0 Å². The summed E-state index contributed by atoms with van der Waals surface area (Å²) in [5, 5.41) is 13.1. The predicted octanol–water partition coefficient (Wildman–Crippen LogP) is 3.04. The minimum atomic E-state index is 0.118. The number of ether oxygens (including phenoxy) is 2. The van der Waals surface area contributed by atoms with E-state index in [4.69, 9.17) is 9.47 Å². The fourth-order valence-corrected chi connectivity index (χ4v) is 2.42. The van der Waals surface area contributed by atoms with Crippen LogP contribution in [0.5, 0.6) is 11.5 Å². The fraction of sp³-hybridized carbons (Fsp3) is 0.385. The van der Waals surface area contributed by atoms with E-state index in [1.807, 2.05) is 25.1 Å². The molecule has 1 heterocycles. The first kappa shape index (κ1) is 13.6. The molecule has 0 radical (unpaired) electrons. The minimum absolute atomic E-state index is 0.118. The summed E-state index contributed by atoms with van der Waals surface area (Å²) < 4.78 is 10.5. The molecule has 0 saturated carbocycles. The maximum Gasteiger partial charge on any atom is 0.206 e. The number of nitrogens with zero attached hydrogens (tertiary/aromatic N) is 2. The van der Waals surface area contributed by atoms with Gasteiger partial charge in [-0.1, -0.05) is 17.4 Å². The molecule has 1 atom stereocenters. The number of hydrogen-bond acceptors (Lipinski definition) is 6. The summed E-state index contributed by atoms with van der Waals surface area (Å²) >= 11 is 1.54. The molecule has 0 aliphatic carbocycles. The van der Waals surface area contributed by atoms with Gasteiger partial charge in [0, 0.05) is 0 Å². The van der Waals surface area contributed by atoms with Gasteiger partial charge in [-0.2, -0.15) is 0 Å². The molecule has 1 aromatic heterocycles. The van der Waals surface area contributed by atoms with Crippen molar-refractivity contribution in [1.82, 2.24) is 10.2 Å². The summed E-state index contributed by atoms with van der Waals surface area (Å²) in [4.78, 5) is 0. The van der Waals surface area contributed by atoms with Crippen molar-refractivity contribution in [2.24, 2.45) is 0 Å². The van der Waals surface area contributed by atoms with Gasteiger partial charge < -0.3 is 14.8 Å². The zero-order valence-electron chi connectivity index (χ0n) is 11.4. The average molecular weight is 279 g/mol. The zero-order chi connectivity index (χ0) is 13.8. The summed E-state index contributed by atoms with van der Waals surface area (Å²) in [7, 11) is 3.26. The third kappa shape index (κ3) is 3.14. The highest BCUT2D eigenvalue weighted by Crippen LogP contribution is 2.31. The van der Waals surface area contributed by atoms with Crippen molar-refractivity contribution in [3.63, 3.8) is 0 Å². The second-order valence-corrected chi connectivity index (χ2v) is 5.29. The third-order valence-corrected chi connectivity index (χ3v) is 3.54. The molecule has 1 unspecified atom stereocenters. The van der Waals surface area contributed by atoms with Gasteiger partial charge in [0.2, 0.25) is 5.13 Å². The first-order valence-electron chi connectivity index (χ1n) is 5.92. The lowest BCUT2D eigenvalue weighted by molar-refractivity contribution is 0.354. The Balaban J connectivity index is 2.16. The molecular weight excluding hydrogens is 262 g/mol. The Morgan fingerprint density at radius 1 is 1.16 bits per heavy atom. The van der Waals surface area contributed by atoms with Crippen LogP contribution in [-0.4, -0.2) is 24.4 Å². The van der Waals surface area contributed by atoms with Crippen molar-refractivity contribution in [2.75, 3.05) is 19.5 Å². The summed E-state index contributed by atoms with van der Waals surface area (Å²) in [6.45, 7) is 4.00. The molecule has 1 aromatic carbocycles. The lowest BCUT2D eigenvalue weighted by atomic mass is 10.1. The predicted molar refractivity (Wildman–Crippen MR) is 76.2 cm³/mol. The normalized spacial score (nSPS) is 12.0. The number of anilines is 1. The molecule has 2 rings (SSSR count). The second-order valence-electron chi connectivity index (χ2n) is 4.11. The molecule has 1 N–H and O–H groups in total. The van der Waals surface area contributed by atoms with Crippen LogP contribution in [-0.2, 0) is 0 Å². The van der Waals surface area contributed by atoms with Crippen LogP contribution < -0.4 is 14.8 Å². The topological polar surface area (TPSA) is 56.3 Å². The quantitative estimate of drug-likeness (QED) is 0.911. The molecule has 0 saturated heterocycles. The number of hydrogen-bond donors (Lipinski definition) is 1. The van der Waals surface area contributed by atoms with E-state index in [1.54, 1.807) is 14.2 Å². The van der Waals surface area contributed by atoms with Crippen molar-refractivity contribution in [1.29, 1.82) is 0 Å². The van der Waals surface area contributed by atoms with Gasteiger partial charge >= 0.3 is 0 Å². The second kappa shape index (κ2) is 5.88. The number of aromatic nitrogens is 2. The Bertz CT molecular complexity index is 557. The highest BCUT2D eigenvalue weighted by atomic mass is 32.1. The SMILES string of the molecule is COc1ccc(C(C)Nc2nnc(C)s2)cc1OC. The van der Waals surface area contributed by atoms with Gasteiger partial charge in [0.05, 0.1) is 20.3 Å². The highest BCUT2D eigenvalue weighted by molar-refractivity contribution is 7.15. The van der Waals surface area contributed by atoms with Crippen molar-refractivity contribution in [2.45, 2.75) is 19.9 Å². The number of rotatable bonds is 5. The number of benzene rings is 1. The van der Waals surface area contributed by atoms with E-state index in [-0.39, 0.29) is 6.04 Å². The van der Waals surface area contributed by atoms with E-state index in [2.05, 4.69) is 22.4 Å². The van der Waals surface area contributed by atoms with Gasteiger partial charge in [-0.25, -0.2) is 0 Å². The van der Waals surface area contributed by atoms with Crippen molar-refractivity contribution in [3.8, 4) is 11.5 Å². The average Bonchev–Trinajstić information content (AvgIpc) is 2.83. The molecule has 2 aromatic rings. The Labute approximate surface area is 116 Å². The van der Waals surface area contributed by atoms with Gasteiger partial charge in [0.15, 0.2) is 11.5 Å². The third-order valence-electron chi connectivity index (χ3n) is 2.77. The first-order chi connectivity index (χ1) is 9.13. The van der Waals surface area contributed by atoms with E-state index in [9.17, 15) is 0 Å². The van der Waals surface area contributed by atoms with E-state index >= 15 is 0 Å². The molecule has 0 spiro atoms. The van der Waals surface area contributed by atoms with Gasteiger partial charge in [-0.15, -0.1) is 10.2 Å². The lowest BCUT2D eigenvalue weighted by Gasteiger charge is -2.15. The Kier molecular flexibility index (Phi) is 4.21. The molecule has 0 bridgehead atoms. The molecule has 0 aliphatic rings. The smallest absolute Gasteiger partial charge is 0.206 e. The maximum atomic E-state index is 5.30. The maximum absolute atomic E-state index is 5.30. The van der Waals surface area contributed by atoms with Gasteiger partial charge in [-0.3, -0.25) is 0 Å². The van der Waals surface area contributed by atoms with Crippen molar-refractivity contribution < 1.29 is 9.47 Å². The fourth-order valence-electron chi connectivity index (χ4n) is 1.75. The van der Waals surface area contributed by atoms with Gasteiger partial charge in [0.25, 0.3) is 0 Å². The van der Waals surface area contributed by atoms with E-state index in [1.165, 1.54) is 11.3 Å². The molecule has 5 nitrogen and oxygen atoms in total. The van der Waals surface area contributed by atoms with Gasteiger partial charge in [0.1, 0.15) is 5.01 Å². The lowest BCUT2D eigenvalue weighted by Crippen LogP contribution is -2.06. The van der Waals surface area contributed by atoms with Crippen LogP contribution in [0.25, 0.3) is 0 Å². The van der Waals surface area contributed by atoms with Crippen LogP contribution in [0, 0.1) is 6.92 Å². The molecule has 0 aliphatic heterocycles. The number of methoxy groups -OCH3 is 2. The van der Waals surface area contributed by atoms with Crippen LogP contribution in [0.3, 0.4) is 0 Å². The van der Waals surface area contributed by atoms with Crippen LogP contribution in [0.15, 0.2) is 18.2 Å². The first-order valence-corrected chi connectivity index (χ1v) is 6.74. The Hall–Kier alpha value is -1.82. The summed E-state index contributed by atoms with van der Waals surface area (Å²) in [6.07, 6.45) is 0. The van der Waals surface area contributed by atoms with Crippen LogP contribution in [0.4, 0.5) is 5.13 Å². The molecule has 19 heavy (non-hydrogen) atoms. The number of aryl methyl sites for hydroxylation is 1. The molecule has 6 heteroatoms. The van der Waals surface area contributed by atoms with E-state index in [0.29, 0.717) is 0 Å². The monoisotopic (exact) mass is 279 g/mol. The van der Waals surface area contributed by atoms with Crippen LogP contribution >= 0.6 is 11.3 Å². The largest absolute Gasteiger partial charge is 0.493 e. The van der Waals surface area contributed by atoms with E-state index < -0.39 is 0 Å². The summed E-state index contributed by atoms with van der Waals surface area (Å²) in [6, 6.07) is 5.99. The number of nitrogens with one attached hydrogen (secondary N) is 1. The molecular formula is C13H17N3O2S. The highest BCUT2D eigenvalue weighted by Gasteiger charge is 2.11. The molecule has 102 valence electrons. The van der Waals surface area contributed by atoms with Crippen LogP contribution in [0.1, 0.15) is 23.5 Å². The van der Waals surface area contributed by atoms with Crippen molar-refractivity contribution in [3.05, 3.63) is 28.8 Å². The zero-order valence-corrected chi connectivity index (χ0v) is 12.2. The Morgan fingerprint density at radius 3 is 2.47 bits per heavy atom. The summed E-state index contributed by atoms with van der Waals surface area (Å²) in [5.41, 5.74) is 1.10. The standard InChI is InChI=1S/C13H17N3O2S/c1-8(14-13-16-15-9(2)19-13)10-5-6-11(17-3)12(7-10)18-4/h5-8H,1-4H3,(H,14,16). The molecule has 0 amide bonds. The summed E-state index contributed by atoms with van der Waals surface area (Å²) in [5.74, 6) is 1.45. The molecule has 0 fully saturated rings. The Morgan fingerprint density at radius 2 is 1.89 bits per heavy atom.